The fourth-order valence-electron chi connectivity index (χ4n) is 6.00. The van der Waals surface area contributed by atoms with Crippen molar-refractivity contribution in [2.75, 3.05) is 26.9 Å². The summed E-state index contributed by atoms with van der Waals surface area (Å²) in [4.78, 5) is 19.7. The number of carbonyl (C=O) groups is 1. The second-order valence-corrected chi connectivity index (χ2v) is 12.1. The van der Waals surface area contributed by atoms with Crippen LogP contribution in [-0.2, 0) is 16.0 Å². The number of aliphatic imine (C=N–C) groups is 1. The zero-order chi connectivity index (χ0) is 34.6. The van der Waals surface area contributed by atoms with Crippen LogP contribution in [0.2, 0.25) is 0 Å². The van der Waals surface area contributed by atoms with Crippen LogP contribution in [0.15, 0.2) is 145 Å². The van der Waals surface area contributed by atoms with Crippen LogP contribution in [0.25, 0.3) is 17.2 Å². The maximum Gasteiger partial charge on any atom is 0.252 e. The Kier molecular flexibility index (Phi) is 11.4. The van der Waals surface area contributed by atoms with Crippen molar-refractivity contribution in [3.63, 3.8) is 0 Å². The molecule has 5 aromatic carbocycles. The van der Waals surface area contributed by atoms with Crippen LogP contribution in [0.5, 0.6) is 11.5 Å². The maximum atomic E-state index is 14.6. The number of nitrogens with zero attached hydrogens (tertiary/aromatic N) is 1. The van der Waals surface area contributed by atoms with Crippen LogP contribution in [0.3, 0.4) is 0 Å². The lowest BCUT2D eigenvalue weighted by Crippen LogP contribution is -2.48. The van der Waals surface area contributed by atoms with Gasteiger partial charge in [0.2, 0.25) is 5.90 Å². The summed E-state index contributed by atoms with van der Waals surface area (Å²) < 4.78 is 17.8. The van der Waals surface area contributed by atoms with Crippen molar-refractivity contribution >= 4 is 17.9 Å². The molecule has 1 aliphatic heterocycles. The second kappa shape index (κ2) is 16.6. The van der Waals surface area contributed by atoms with Crippen molar-refractivity contribution in [3.8, 4) is 22.6 Å². The number of hydrogen-bond donors (Lipinski definition) is 2. The molecule has 0 radical (unpaired) electrons. The normalized spacial score (nSPS) is 16.8. The van der Waals surface area contributed by atoms with Crippen molar-refractivity contribution in [1.29, 1.82) is 0 Å². The Morgan fingerprint density at radius 2 is 1.46 bits per heavy atom. The standard InChI is InChI=1S/C43H42N2O5/c1-48-38-23-15-33(16-24-38)27-29-44-42(47)43(28-8-12-32-10-4-2-5-11-32)40(36-19-17-35(18-20-36)34-13-6-3-7-14-34)50-41(45-43)37-21-25-39(26-22-37)49-31-9-30-46/h2-8,10-26,40,46H,9,27-31H2,1H3,(H,44,47)/b12-8+/t40-,43-/m1/s1. The molecule has 1 aliphatic rings. The number of benzene rings is 5. The molecule has 0 unspecified atom stereocenters. The Morgan fingerprint density at radius 3 is 2.14 bits per heavy atom. The van der Waals surface area contributed by atoms with Gasteiger partial charge < -0.3 is 24.6 Å². The van der Waals surface area contributed by atoms with Crippen LogP contribution in [0, 0.1) is 0 Å². The maximum absolute atomic E-state index is 14.6. The molecule has 0 saturated carbocycles. The van der Waals surface area contributed by atoms with E-state index in [1.165, 1.54) is 0 Å². The molecule has 1 heterocycles. The molecule has 7 heteroatoms. The first-order chi connectivity index (χ1) is 24.6. The van der Waals surface area contributed by atoms with Crippen LogP contribution in [0.1, 0.15) is 41.2 Å². The summed E-state index contributed by atoms with van der Waals surface area (Å²) >= 11 is 0. The SMILES string of the molecule is COc1ccc(CCNC(=O)[C@]2(C/C=C/c3ccccc3)N=C(c3ccc(OCCCO)cc3)O[C@@H]2c2ccc(-c3ccccc3)cc2)cc1. The molecule has 0 aliphatic carbocycles. The van der Waals surface area contributed by atoms with Crippen LogP contribution in [-0.4, -0.2) is 49.3 Å². The Labute approximate surface area is 293 Å². The van der Waals surface area contributed by atoms with E-state index in [0.29, 0.717) is 44.1 Å². The van der Waals surface area contributed by atoms with E-state index in [4.69, 9.17) is 24.3 Å². The number of rotatable bonds is 15. The summed E-state index contributed by atoms with van der Waals surface area (Å²) in [6, 6.07) is 43.8. The Morgan fingerprint density at radius 1 is 0.820 bits per heavy atom. The smallest absolute Gasteiger partial charge is 0.252 e. The molecule has 7 nitrogen and oxygen atoms in total. The molecule has 6 rings (SSSR count). The van der Waals surface area contributed by atoms with Gasteiger partial charge in [-0.25, -0.2) is 4.99 Å². The number of methoxy groups -OCH3 is 1. The number of aliphatic hydroxyl groups is 1. The highest BCUT2D eigenvalue weighted by atomic mass is 16.5. The predicted molar refractivity (Wildman–Crippen MR) is 198 cm³/mol. The van der Waals surface area contributed by atoms with E-state index >= 15 is 0 Å². The Bertz CT molecular complexity index is 1870. The van der Waals surface area contributed by atoms with Crippen molar-refractivity contribution in [1.82, 2.24) is 5.32 Å². The fraction of sp³-hybridized carbons (Fsp3) is 0.209. The highest BCUT2D eigenvalue weighted by Gasteiger charge is 2.52. The zero-order valence-corrected chi connectivity index (χ0v) is 28.2. The number of nitrogens with one attached hydrogen (secondary N) is 1. The van der Waals surface area contributed by atoms with E-state index in [9.17, 15) is 4.79 Å². The van der Waals surface area contributed by atoms with Gasteiger partial charge in [-0.1, -0.05) is 109 Å². The van der Waals surface area contributed by atoms with Gasteiger partial charge in [-0.3, -0.25) is 4.79 Å². The minimum atomic E-state index is -1.29. The lowest BCUT2D eigenvalue weighted by molar-refractivity contribution is -0.128. The van der Waals surface area contributed by atoms with Gasteiger partial charge in [0.25, 0.3) is 5.91 Å². The number of carbonyl (C=O) groups excluding carboxylic acids is 1. The topological polar surface area (TPSA) is 89.4 Å². The van der Waals surface area contributed by atoms with E-state index in [0.717, 1.165) is 39.1 Å². The first-order valence-electron chi connectivity index (χ1n) is 17.0. The van der Waals surface area contributed by atoms with Gasteiger partial charge in [-0.2, -0.15) is 0 Å². The summed E-state index contributed by atoms with van der Waals surface area (Å²) in [6.45, 7) is 0.918. The van der Waals surface area contributed by atoms with E-state index < -0.39 is 11.6 Å². The monoisotopic (exact) mass is 666 g/mol. The largest absolute Gasteiger partial charge is 0.497 e. The summed E-state index contributed by atoms with van der Waals surface area (Å²) in [5.74, 6) is 1.65. The third-order valence-electron chi connectivity index (χ3n) is 8.75. The van der Waals surface area contributed by atoms with Crippen molar-refractivity contribution < 1.29 is 24.1 Å². The first kappa shape index (κ1) is 34.2. The molecule has 1 amide bonds. The molecule has 0 saturated heterocycles. The molecule has 0 fully saturated rings. The average molecular weight is 667 g/mol. The summed E-state index contributed by atoms with van der Waals surface area (Å²) in [5, 5.41) is 12.3. The summed E-state index contributed by atoms with van der Waals surface area (Å²) in [5.41, 5.74) is 4.61. The third-order valence-corrected chi connectivity index (χ3v) is 8.75. The molecular formula is C43H42N2O5. The molecule has 2 N–H and O–H groups in total. The van der Waals surface area contributed by atoms with Crippen molar-refractivity contribution in [2.24, 2.45) is 4.99 Å². The number of hydrogen-bond acceptors (Lipinski definition) is 6. The molecule has 5 aromatic rings. The Hall–Kier alpha value is -5.66. The van der Waals surface area contributed by atoms with Crippen LogP contribution >= 0.6 is 0 Å². The molecule has 0 bridgehead atoms. The van der Waals surface area contributed by atoms with Gasteiger partial charge in [0.1, 0.15) is 11.5 Å². The van der Waals surface area contributed by atoms with E-state index in [1.807, 2.05) is 121 Å². The summed E-state index contributed by atoms with van der Waals surface area (Å²) in [7, 11) is 1.65. The van der Waals surface area contributed by atoms with E-state index in [-0.39, 0.29) is 12.5 Å². The third kappa shape index (κ3) is 8.31. The lowest BCUT2D eigenvalue weighted by atomic mass is 9.83. The van der Waals surface area contributed by atoms with E-state index in [2.05, 4.69) is 29.6 Å². The summed E-state index contributed by atoms with van der Waals surface area (Å²) in [6.07, 6.45) is 4.86. The fourth-order valence-corrected chi connectivity index (χ4v) is 6.00. The van der Waals surface area contributed by atoms with Gasteiger partial charge in [0.15, 0.2) is 11.6 Å². The van der Waals surface area contributed by atoms with Crippen molar-refractivity contribution in [3.05, 3.63) is 162 Å². The van der Waals surface area contributed by atoms with Gasteiger partial charge in [-0.05, 0) is 70.6 Å². The van der Waals surface area contributed by atoms with Gasteiger partial charge in [-0.15, -0.1) is 0 Å². The van der Waals surface area contributed by atoms with Gasteiger partial charge in [0.05, 0.1) is 13.7 Å². The second-order valence-electron chi connectivity index (χ2n) is 12.1. The molecule has 254 valence electrons. The predicted octanol–water partition coefficient (Wildman–Crippen LogP) is 7.84. The van der Waals surface area contributed by atoms with E-state index in [1.54, 1.807) is 7.11 Å². The first-order valence-corrected chi connectivity index (χ1v) is 17.0. The number of aliphatic hydroxyl groups excluding tert-OH is 1. The molecule has 0 aromatic heterocycles. The Balaban J connectivity index is 1.34. The highest BCUT2D eigenvalue weighted by Crippen LogP contribution is 2.43. The number of ether oxygens (including phenoxy) is 3. The van der Waals surface area contributed by atoms with Gasteiger partial charge in [0, 0.05) is 31.6 Å². The molecule has 50 heavy (non-hydrogen) atoms. The minimum Gasteiger partial charge on any atom is -0.497 e. The lowest BCUT2D eigenvalue weighted by Gasteiger charge is -2.30. The van der Waals surface area contributed by atoms with Crippen LogP contribution in [0.4, 0.5) is 0 Å². The molecule has 2 atom stereocenters. The van der Waals surface area contributed by atoms with Crippen LogP contribution < -0.4 is 14.8 Å². The molecular weight excluding hydrogens is 624 g/mol. The number of amides is 1. The van der Waals surface area contributed by atoms with Gasteiger partial charge >= 0.3 is 0 Å². The molecule has 0 spiro atoms. The quantitative estimate of drug-likeness (QED) is 0.111. The zero-order valence-electron chi connectivity index (χ0n) is 28.2. The van der Waals surface area contributed by atoms with Crippen molar-refractivity contribution in [2.45, 2.75) is 30.9 Å². The average Bonchev–Trinajstić information content (AvgIpc) is 3.57. The minimum absolute atomic E-state index is 0.0689. The highest BCUT2D eigenvalue weighted by molar-refractivity contribution is 6.01.